The number of ether oxygens (including phenoxy) is 1. The van der Waals surface area contributed by atoms with E-state index in [2.05, 4.69) is 16.4 Å². The van der Waals surface area contributed by atoms with Crippen LogP contribution in [0.15, 0.2) is 36.5 Å². The number of rotatable bonds is 7. The van der Waals surface area contributed by atoms with E-state index in [1.54, 1.807) is 7.11 Å². The van der Waals surface area contributed by atoms with Crippen LogP contribution < -0.4 is 5.32 Å². The number of methoxy groups -OCH3 is 1. The number of aliphatic hydroxyl groups excluding tert-OH is 1. The van der Waals surface area contributed by atoms with E-state index in [4.69, 9.17) is 9.84 Å². The summed E-state index contributed by atoms with van der Waals surface area (Å²) in [5.41, 5.74) is 4.91. The van der Waals surface area contributed by atoms with Gasteiger partial charge in [0.15, 0.2) is 0 Å². The molecule has 1 aromatic carbocycles. The van der Waals surface area contributed by atoms with Crippen molar-refractivity contribution < 1.29 is 14.6 Å². The highest BCUT2D eigenvalue weighted by molar-refractivity contribution is 5.95. The third-order valence-corrected chi connectivity index (χ3v) is 7.29. The minimum atomic E-state index is -0.209. The number of anilines is 1. The molecular weight excluding hydrogens is 442 g/mol. The van der Waals surface area contributed by atoms with Gasteiger partial charge in [0, 0.05) is 49.0 Å². The van der Waals surface area contributed by atoms with Crippen molar-refractivity contribution in [3.05, 3.63) is 47.8 Å². The molecule has 2 N–H and O–H groups in total. The Morgan fingerprint density at radius 2 is 1.89 bits per heavy atom. The van der Waals surface area contributed by atoms with Crippen LogP contribution in [0.5, 0.6) is 0 Å². The van der Waals surface area contributed by atoms with Gasteiger partial charge in [-0.15, -0.1) is 5.10 Å². The van der Waals surface area contributed by atoms with Crippen LogP contribution in [0.3, 0.4) is 0 Å². The summed E-state index contributed by atoms with van der Waals surface area (Å²) in [6.07, 6.45) is 7.31. The second-order valence-corrected chi connectivity index (χ2v) is 9.94. The third kappa shape index (κ3) is 5.04. The molecule has 0 unspecified atom stereocenters. The van der Waals surface area contributed by atoms with E-state index in [0.717, 1.165) is 79.5 Å². The minimum absolute atomic E-state index is 0.0847. The van der Waals surface area contributed by atoms with Crippen molar-refractivity contribution in [2.75, 3.05) is 32.1 Å². The molecule has 1 aliphatic carbocycles. The molecule has 2 aliphatic rings. The molecule has 1 atom stereocenters. The number of carbonyl (C=O) groups is 1. The fourth-order valence-corrected chi connectivity index (χ4v) is 5.38. The van der Waals surface area contributed by atoms with E-state index in [-0.39, 0.29) is 18.1 Å². The van der Waals surface area contributed by atoms with Crippen LogP contribution in [0.1, 0.15) is 67.4 Å². The number of amides is 1. The first-order chi connectivity index (χ1) is 17.0. The zero-order chi connectivity index (χ0) is 24.4. The molecule has 2 aromatic heterocycles. The van der Waals surface area contributed by atoms with Gasteiger partial charge in [0.2, 0.25) is 5.95 Å². The fourth-order valence-electron chi connectivity index (χ4n) is 5.38. The molecule has 0 bridgehead atoms. The van der Waals surface area contributed by atoms with E-state index >= 15 is 0 Å². The van der Waals surface area contributed by atoms with Crippen LogP contribution >= 0.6 is 0 Å². The maximum Gasteiger partial charge on any atom is 0.253 e. The Morgan fingerprint density at radius 3 is 2.57 bits per heavy atom. The topological polar surface area (TPSA) is 92.0 Å². The van der Waals surface area contributed by atoms with E-state index in [0.29, 0.717) is 18.5 Å². The molecule has 1 aliphatic heterocycles. The summed E-state index contributed by atoms with van der Waals surface area (Å²) in [5, 5.41) is 18.2. The molecule has 3 heterocycles. The molecule has 1 amide bonds. The molecule has 5 rings (SSSR count). The fraction of sp³-hybridized carbons (Fsp3) is 0.519. The molecule has 2 fully saturated rings. The summed E-state index contributed by atoms with van der Waals surface area (Å²) < 4.78 is 7.25. The monoisotopic (exact) mass is 477 g/mol. The Labute approximate surface area is 206 Å². The van der Waals surface area contributed by atoms with Gasteiger partial charge in [-0.3, -0.25) is 4.79 Å². The lowest BCUT2D eigenvalue weighted by molar-refractivity contribution is 0.0793. The van der Waals surface area contributed by atoms with Crippen molar-refractivity contribution in [1.82, 2.24) is 19.5 Å². The van der Waals surface area contributed by atoms with Crippen LogP contribution in [-0.2, 0) is 4.74 Å². The second-order valence-electron chi connectivity index (χ2n) is 9.94. The van der Waals surface area contributed by atoms with Crippen molar-refractivity contribution in [3.8, 4) is 11.1 Å². The van der Waals surface area contributed by atoms with Crippen LogP contribution in [-0.4, -0.2) is 69.5 Å². The number of aromatic nitrogens is 3. The Balaban J connectivity index is 1.49. The maximum absolute atomic E-state index is 12.8. The van der Waals surface area contributed by atoms with Crippen LogP contribution in [0.2, 0.25) is 0 Å². The van der Waals surface area contributed by atoms with Crippen molar-refractivity contribution in [1.29, 1.82) is 0 Å². The molecule has 0 radical (unpaired) electrons. The average molecular weight is 478 g/mol. The lowest BCUT2D eigenvalue weighted by Gasteiger charge is -2.25. The number of benzene rings is 1. The highest BCUT2D eigenvalue weighted by Gasteiger charge is 2.26. The number of fused-ring (bicyclic) bond motifs is 1. The van der Waals surface area contributed by atoms with Gasteiger partial charge < -0.3 is 20.1 Å². The minimum Gasteiger partial charge on any atom is -0.393 e. The van der Waals surface area contributed by atoms with Crippen LogP contribution in [0, 0.1) is 0 Å². The van der Waals surface area contributed by atoms with Gasteiger partial charge in [-0.25, -0.2) is 9.50 Å². The molecule has 1 saturated carbocycles. The lowest BCUT2D eigenvalue weighted by Crippen LogP contribution is -2.27. The van der Waals surface area contributed by atoms with E-state index in [9.17, 15) is 9.90 Å². The molecule has 35 heavy (non-hydrogen) atoms. The second kappa shape index (κ2) is 10.3. The van der Waals surface area contributed by atoms with E-state index in [1.807, 2.05) is 46.8 Å². The number of nitrogens with one attached hydrogen (secondary N) is 1. The molecular formula is C27H35N5O3. The highest BCUT2D eigenvalue weighted by Crippen LogP contribution is 2.37. The Hall–Kier alpha value is -2.97. The first kappa shape index (κ1) is 23.8. The number of aliphatic hydroxyl groups is 1. The summed E-state index contributed by atoms with van der Waals surface area (Å²) >= 11 is 0. The van der Waals surface area contributed by atoms with Gasteiger partial charge in [0.1, 0.15) is 0 Å². The zero-order valence-corrected chi connectivity index (χ0v) is 20.6. The summed E-state index contributed by atoms with van der Waals surface area (Å²) in [5.74, 6) is 1.00. The average Bonchev–Trinajstić information content (AvgIpc) is 3.53. The van der Waals surface area contributed by atoms with Crippen molar-refractivity contribution >= 4 is 17.4 Å². The normalized spacial score (nSPS) is 21.4. The summed E-state index contributed by atoms with van der Waals surface area (Å²) in [6, 6.07) is 10.2. The largest absolute Gasteiger partial charge is 0.393 e. The van der Waals surface area contributed by atoms with E-state index < -0.39 is 0 Å². The van der Waals surface area contributed by atoms with Crippen molar-refractivity contribution in [3.63, 3.8) is 0 Å². The maximum atomic E-state index is 12.8. The number of hydrogen-bond donors (Lipinski definition) is 2. The zero-order valence-electron chi connectivity index (χ0n) is 20.6. The van der Waals surface area contributed by atoms with Gasteiger partial charge in [-0.1, -0.05) is 12.1 Å². The smallest absolute Gasteiger partial charge is 0.253 e. The quantitative estimate of drug-likeness (QED) is 0.532. The molecule has 1 saturated heterocycles. The number of hydrogen-bond acceptors (Lipinski definition) is 6. The molecule has 8 nitrogen and oxygen atoms in total. The van der Waals surface area contributed by atoms with E-state index in [1.165, 1.54) is 0 Å². The van der Waals surface area contributed by atoms with Crippen molar-refractivity contribution in [2.45, 2.75) is 63.5 Å². The predicted octanol–water partition coefficient (Wildman–Crippen LogP) is 4.10. The standard InChI is InChI=1S/C27H35N5O3/c1-18(17-35-2)29-27-28-16-25-23(15-24(32(25)30-27)20-9-11-22(33)12-10-20)19-5-7-21(8-6-19)26(34)31-13-3-4-14-31/h5-8,15-16,18,20,22,33H,3-4,9-14,17H2,1-2H3,(H,29,30)/t18-,20-,22-/m0/s1. The molecule has 186 valence electrons. The predicted molar refractivity (Wildman–Crippen MR) is 136 cm³/mol. The molecule has 8 heteroatoms. The van der Waals surface area contributed by atoms with Gasteiger partial charge in [0.25, 0.3) is 5.91 Å². The summed E-state index contributed by atoms with van der Waals surface area (Å²) in [6.45, 7) is 4.29. The summed E-state index contributed by atoms with van der Waals surface area (Å²) in [4.78, 5) is 19.3. The number of nitrogens with zero attached hydrogens (tertiary/aromatic N) is 4. The SMILES string of the molecule is COC[C@H](C)Nc1ncc2c(-c3ccc(C(=O)N4CCCC4)cc3)cc([C@H]3CC[C@H](O)CC3)n2n1. The Morgan fingerprint density at radius 1 is 1.17 bits per heavy atom. The first-order valence-electron chi connectivity index (χ1n) is 12.8. The summed E-state index contributed by atoms with van der Waals surface area (Å²) in [7, 11) is 1.68. The lowest BCUT2D eigenvalue weighted by atomic mass is 9.85. The van der Waals surface area contributed by atoms with Gasteiger partial charge in [-0.2, -0.15) is 0 Å². The number of carbonyl (C=O) groups excluding carboxylic acids is 1. The van der Waals surface area contributed by atoms with Crippen LogP contribution in [0.4, 0.5) is 5.95 Å². The third-order valence-electron chi connectivity index (χ3n) is 7.29. The van der Waals surface area contributed by atoms with Gasteiger partial charge in [-0.05, 0) is 69.2 Å². The Kier molecular flexibility index (Phi) is 7.02. The van der Waals surface area contributed by atoms with Crippen LogP contribution in [0.25, 0.3) is 16.6 Å². The first-order valence-corrected chi connectivity index (χ1v) is 12.8. The molecule has 3 aromatic rings. The highest BCUT2D eigenvalue weighted by atomic mass is 16.5. The number of likely N-dealkylation sites (tertiary alicyclic amines) is 1. The van der Waals surface area contributed by atoms with Gasteiger partial charge in [0.05, 0.1) is 24.4 Å². The Bertz CT molecular complexity index is 1160. The van der Waals surface area contributed by atoms with Gasteiger partial charge >= 0.3 is 0 Å². The molecule has 0 spiro atoms. The van der Waals surface area contributed by atoms with Crippen molar-refractivity contribution in [2.24, 2.45) is 0 Å².